The highest BCUT2D eigenvalue weighted by Crippen LogP contribution is 2.48. The van der Waals surface area contributed by atoms with E-state index in [2.05, 4.69) is 0 Å². The van der Waals surface area contributed by atoms with Crippen molar-refractivity contribution in [1.82, 2.24) is 0 Å². The van der Waals surface area contributed by atoms with Crippen LogP contribution in [0.5, 0.6) is 0 Å². The zero-order chi connectivity index (χ0) is 16.8. The van der Waals surface area contributed by atoms with E-state index in [0.29, 0.717) is 0 Å². The molecule has 0 fully saturated rings. The van der Waals surface area contributed by atoms with Crippen LogP contribution < -0.4 is 0 Å². The lowest BCUT2D eigenvalue weighted by atomic mass is 10.3. The Morgan fingerprint density at radius 1 is 1.23 bits per heavy atom. The van der Waals surface area contributed by atoms with Crippen molar-refractivity contribution in [3.63, 3.8) is 0 Å². The van der Waals surface area contributed by atoms with Gasteiger partial charge in [-0.15, -0.1) is 11.8 Å². The summed E-state index contributed by atoms with van der Waals surface area (Å²) in [6, 6.07) is 3.86. The number of benzene rings is 1. The van der Waals surface area contributed by atoms with Gasteiger partial charge in [0.2, 0.25) is 0 Å². The lowest BCUT2D eigenvalue weighted by Crippen LogP contribution is -2.13. The molecule has 1 rings (SSSR count). The third-order valence-corrected chi connectivity index (χ3v) is 6.59. The van der Waals surface area contributed by atoms with Crippen molar-refractivity contribution < 1.29 is 30.6 Å². The van der Waals surface area contributed by atoms with Crippen molar-refractivity contribution in [2.75, 3.05) is 25.8 Å². The normalized spacial score (nSPS) is 12.5. The average molecular weight is 372 g/mol. The SMILES string of the molecule is CCOP(=O)(COS(=O)(=O)c1c(F)cccc1SC)OCC. The highest BCUT2D eigenvalue weighted by molar-refractivity contribution is 7.99. The predicted molar refractivity (Wildman–Crippen MR) is 82.2 cm³/mol. The molecular weight excluding hydrogens is 354 g/mol. The average Bonchev–Trinajstić information content (AvgIpc) is 2.45. The van der Waals surface area contributed by atoms with E-state index < -0.39 is 34.8 Å². The Morgan fingerprint density at radius 3 is 2.32 bits per heavy atom. The summed E-state index contributed by atoms with van der Waals surface area (Å²) in [4.78, 5) is -0.385. The molecule has 0 aliphatic heterocycles. The summed E-state index contributed by atoms with van der Waals surface area (Å²) in [6.45, 7) is 3.30. The van der Waals surface area contributed by atoms with Crippen LogP contribution in [0.4, 0.5) is 4.39 Å². The molecule has 0 radical (unpaired) electrons. The summed E-state index contributed by atoms with van der Waals surface area (Å²) in [5, 5.41) is 0. The van der Waals surface area contributed by atoms with E-state index in [1.54, 1.807) is 20.1 Å². The van der Waals surface area contributed by atoms with Gasteiger partial charge in [-0.1, -0.05) is 6.07 Å². The summed E-state index contributed by atoms with van der Waals surface area (Å²) in [7, 11) is -8.14. The molecule has 0 aliphatic rings. The molecular formula is C12H18FO6PS2. The van der Waals surface area contributed by atoms with Crippen LogP contribution in [0.15, 0.2) is 28.0 Å². The molecule has 0 N–H and O–H groups in total. The van der Waals surface area contributed by atoms with Crippen LogP contribution in [0.25, 0.3) is 0 Å². The summed E-state index contributed by atoms with van der Waals surface area (Å²) >= 11 is 1.06. The van der Waals surface area contributed by atoms with Gasteiger partial charge in [0.1, 0.15) is 10.7 Å². The Morgan fingerprint density at radius 2 is 1.82 bits per heavy atom. The number of rotatable bonds is 9. The first-order chi connectivity index (χ1) is 10.3. The van der Waals surface area contributed by atoms with Crippen LogP contribution in [0.2, 0.25) is 0 Å². The van der Waals surface area contributed by atoms with Crippen LogP contribution >= 0.6 is 19.4 Å². The van der Waals surface area contributed by atoms with Crippen molar-refractivity contribution in [2.45, 2.75) is 23.6 Å². The number of hydrogen-bond acceptors (Lipinski definition) is 7. The van der Waals surface area contributed by atoms with Gasteiger partial charge >= 0.3 is 17.7 Å². The molecule has 6 nitrogen and oxygen atoms in total. The Balaban J connectivity index is 3.04. The molecule has 0 bridgehead atoms. The molecule has 0 saturated heterocycles. The predicted octanol–water partition coefficient (Wildman–Crippen LogP) is 3.48. The van der Waals surface area contributed by atoms with E-state index in [4.69, 9.17) is 13.2 Å². The van der Waals surface area contributed by atoms with Crippen molar-refractivity contribution >= 4 is 29.5 Å². The fraction of sp³-hybridized carbons (Fsp3) is 0.500. The zero-order valence-electron chi connectivity index (χ0n) is 12.4. The molecule has 0 aromatic heterocycles. The first-order valence-electron chi connectivity index (χ1n) is 6.39. The highest BCUT2D eigenvalue weighted by Gasteiger charge is 2.31. The minimum Gasteiger partial charge on any atom is -0.307 e. The summed E-state index contributed by atoms with van der Waals surface area (Å²) in [6.07, 6.45) is 0.804. The van der Waals surface area contributed by atoms with Crippen LogP contribution in [-0.4, -0.2) is 34.2 Å². The van der Waals surface area contributed by atoms with E-state index in [1.165, 1.54) is 12.1 Å². The lowest BCUT2D eigenvalue weighted by Gasteiger charge is -2.17. The maximum absolute atomic E-state index is 13.8. The van der Waals surface area contributed by atoms with E-state index >= 15 is 0 Å². The third kappa shape index (κ3) is 5.04. The molecule has 0 amide bonds. The Labute approximate surface area is 134 Å². The van der Waals surface area contributed by atoms with Gasteiger partial charge in [0.15, 0.2) is 6.35 Å². The van der Waals surface area contributed by atoms with Crippen molar-refractivity contribution in [1.29, 1.82) is 0 Å². The Kier molecular flexibility index (Phi) is 7.51. The summed E-state index contributed by atoms with van der Waals surface area (Å²) < 4.78 is 65.0. The maximum Gasteiger partial charge on any atom is 0.357 e. The van der Waals surface area contributed by atoms with Crippen molar-refractivity contribution in [3.8, 4) is 0 Å². The van der Waals surface area contributed by atoms with Gasteiger partial charge in [0, 0.05) is 4.90 Å². The van der Waals surface area contributed by atoms with Crippen LogP contribution in [0.1, 0.15) is 13.8 Å². The smallest absolute Gasteiger partial charge is 0.307 e. The minimum atomic E-state index is -4.43. The topological polar surface area (TPSA) is 78.9 Å². The van der Waals surface area contributed by atoms with Gasteiger partial charge in [0.25, 0.3) is 0 Å². The van der Waals surface area contributed by atoms with Crippen molar-refractivity contribution in [2.24, 2.45) is 0 Å². The van der Waals surface area contributed by atoms with Gasteiger partial charge in [-0.05, 0) is 32.2 Å². The molecule has 0 unspecified atom stereocenters. The molecule has 1 aromatic carbocycles. The monoisotopic (exact) mass is 372 g/mol. The molecule has 1 aromatic rings. The lowest BCUT2D eigenvalue weighted by molar-refractivity contribution is 0.197. The second-order valence-electron chi connectivity index (χ2n) is 3.92. The second kappa shape index (κ2) is 8.42. The van der Waals surface area contributed by atoms with Gasteiger partial charge in [-0.25, -0.2) is 4.39 Å². The van der Waals surface area contributed by atoms with Gasteiger partial charge in [-0.3, -0.25) is 8.75 Å². The van der Waals surface area contributed by atoms with E-state index in [9.17, 15) is 17.4 Å². The number of thioether (sulfide) groups is 1. The van der Waals surface area contributed by atoms with E-state index in [1.807, 2.05) is 0 Å². The highest BCUT2D eigenvalue weighted by atomic mass is 32.2. The summed E-state index contributed by atoms with van der Waals surface area (Å²) in [5.74, 6) is -0.936. The third-order valence-electron chi connectivity index (χ3n) is 2.42. The van der Waals surface area contributed by atoms with Gasteiger partial charge < -0.3 is 9.05 Å². The molecule has 22 heavy (non-hydrogen) atoms. The van der Waals surface area contributed by atoms with E-state index in [0.717, 1.165) is 17.8 Å². The van der Waals surface area contributed by atoms with Gasteiger partial charge in [-0.2, -0.15) is 8.42 Å². The quantitative estimate of drug-likeness (QED) is 0.373. The molecule has 0 aliphatic carbocycles. The number of hydrogen-bond donors (Lipinski definition) is 0. The van der Waals surface area contributed by atoms with Crippen molar-refractivity contribution in [3.05, 3.63) is 24.0 Å². The Bertz CT molecular complexity index is 639. The Hall–Kier alpha value is -0.440. The molecule has 10 heteroatoms. The maximum atomic E-state index is 13.8. The summed E-state index contributed by atoms with van der Waals surface area (Å²) in [5.41, 5.74) is 0. The second-order valence-corrected chi connectivity index (χ2v) is 8.32. The van der Waals surface area contributed by atoms with Crippen LogP contribution in [0, 0.1) is 5.82 Å². The molecule has 126 valence electrons. The standard InChI is InChI=1S/C12H18FO6PS2/c1-4-17-20(14,18-5-2)9-19-22(15,16)12-10(13)7-6-8-11(12)21-3/h6-8H,4-5,9H2,1-3H3. The largest absolute Gasteiger partial charge is 0.357 e. The molecule has 0 heterocycles. The molecule has 0 spiro atoms. The minimum absolute atomic E-state index is 0.0659. The fourth-order valence-electron chi connectivity index (χ4n) is 1.59. The zero-order valence-corrected chi connectivity index (χ0v) is 15.0. The molecule has 0 saturated carbocycles. The van der Waals surface area contributed by atoms with E-state index in [-0.39, 0.29) is 18.1 Å². The van der Waals surface area contributed by atoms with Crippen LogP contribution in [0.3, 0.4) is 0 Å². The first kappa shape index (κ1) is 19.6. The fourth-order valence-corrected chi connectivity index (χ4v) is 5.47. The molecule has 0 atom stereocenters. The number of halogens is 1. The van der Waals surface area contributed by atoms with Gasteiger partial charge in [0.05, 0.1) is 13.2 Å². The van der Waals surface area contributed by atoms with Crippen LogP contribution in [-0.2, 0) is 27.9 Å². The first-order valence-corrected chi connectivity index (χ1v) is 10.8.